The Hall–Kier alpha value is -3.15. The minimum Gasteiger partial charge on any atom is -0.356 e. The number of para-hydroxylation sites is 2. The Labute approximate surface area is 202 Å². The summed E-state index contributed by atoms with van der Waals surface area (Å²) >= 11 is 12.1. The third kappa shape index (κ3) is 5.81. The average molecular weight is 480 g/mol. The van der Waals surface area contributed by atoms with Crippen molar-refractivity contribution in [3.8, 4) is 0 Å². The lowest BCUT2D eigenvalue weighted by Gasteiger charge is -2.10. The molecule has 0 unspecified atom stereocenters. The first-order valence-corrected chi connectivity index (χ1v) is 11.5. The van der Waals surface area contributed by atoms with Gasteiger partial charge in [0.05, 0.1) is 24.0 Å². The van der Waals surface area contributed by atoms with Gasteiger partial charge in [-0.1, -0.05) is 53.5 Å². The van der Waals surface area contributed by atoms with Crippen molar-refractivity contribution in [2.24, 2.45) is 0 Å². The Morgan fingerprint density at radius 1 is 0.909 bits per heavy atom. The van der Waals surface area contributed by atoms with Gasteiger partial charge in [0.1, 0.15) is 5.82 Å². The molecule has 0 aliphatic rings. The van der Waals surface area contributed by atoms with Crippen LogP contribution in [0.25, 0.3) is 11.0 Å². The first-order valence-electron chi connectivity index (χ1n) is 10.7. The molecule has 0 fully saturated rings. The summed E-state index contributed by atoms with van der Waals surface area (Å²) in [5.41, 5.74) is 3.17. The number of amides is 1. The predicted octanol–water partition coefficient (Wildman–Crippen LogP) is 5.52. The summed E-state index contributed by atoms with van der Waals surface area (Å²) in [7, 11) is 0. The number of nitrogens with one attached hydrogen (secondary N) is 1. The maximum absolute atomic E-state index is 12.9. The van der Waals surface area contributed by atoms with Crippen molar-refractivity contribution in [3.63, 3.8) is 0 Å². The normalized spacial score (nSPS) is 11.0. The number of aromatic nitrogens is 2. The van der Waals surface area contributed by atoms with Crippen LogP contribution in [0.1, 0.15) is 28.2 Å². The largest absolute Gasteiger partial charge is 0.356 e. The third-order valence-electron chi connectivity index (χ3n) is 5.41. The van der Waals surface area contributed by atoms with Gasteiger partial charge in [-0.2, -0.15) is 0 Å². The van der Waals surface area contributed by atoms with E-state index >= 15 is 0 Å². The van der Waals surface area contributed by atoms with Gasteiger partial charge in [0, 0.05) is 28.6 Å². The molecule has 0 aliphatic heterocycles. The summed E-state index contributed by atoms with van der Waals surface area (Å²) in [6, 6.07) is 22.0. The molecule has 4 rings (SSSR count). The van der Waals surface area contributed by atoms with Crippen molar-refractivity contribution in [2.75, 3.05) is 6.54 Å². The van der Waals surface area contributed by atoms with E-state index in [0.29, 0.717) is 35.0 Å². The topological polar surface area (TPSA) is 64.0 Å². The first kappa shape index (κ1) is 23.0. The highest BCUT2D eigenvalue weighted by Crippen LogP contribution is 2.19. The van der Waals surface area contributed by atoms with Gasteiger partial charge in [0.25, 0.3) is 0 Å². The van der Waals surface area contributed by atoms with Crippen molar-refractivity contribution < 1.29 is 9.59 Å². The number of ketones is 1. The van der Waals surface area contributed by atoms with E-state index in [1.165, 1.54) is 0 Å². The van der Waals surface area contributed by atoms with Gasteiger partial charge < -0.3 is 9.88 Å². The monoisotopic (exact) mass is 479 g/mol. The molecule has 0 radical (unpaired) electrons. The number of hydrogen-bond acceptors (Lipinski definition) is 3. The van der Waals surface area contributed by atoms with Gasteiger partial charge in [-0.25, -0.2) is 4.98 Å². The summed E-state index contributed by atoms with van der Waals surface area (Å²) in [5, 5.41) is 4.12. The fourth-order valence-corrected chi connectivity index (χ4v) is 4.04. The fraction of sp³-hybridized carbons (Fsp3) is 0.192. The molecule has 1 aromatic heterocycles. The molecule has 0 saturated carbocycles. The molecular weight excluding hydrogens is 457 g/mol. The summed E-state index contributed by atoms with van der Waals surface area (Å²) < 4.78 is 1.96. The zero-order valence-corrected chi connectivity index (χ0v) is 19.4. The minimum atomic E-state index is -0.0745. The van der Waals surface area contributed by atoms with E-state index in [4.69, 9.17) is 28.2 Å². The van der Waals surface area contributed by atoms with Gasteiger partial charge in [0.2, 0.25) is 5.91 Å². The number of carbonyl (C=O) groups is 2. The number of halogens is 2. The van der Waals surface area contributed by atoms with E-state index in [1.807, 2.05) is 47.0 Å². The van der Waals surface area contributed by atoms with Gasteiger partial charge in [-0.05, 0) is 54.4 Å². The molecule has 3 aromatic carbocycles. The number of rotatable bonds is 9. The maximum atomic E-state index is 12.9. The summed E-state index contributed by atoms with van der Waals surface area (Å²) in [6.07, 6.45) is 1.58. The molecule has 1 heterocycles. The molecule has 7 heteroatoms. The van der Waals surface area contributed by atoms with Crippen LogP contribution in [0.5, 0.6) is 0 Å². The molecule has 168 valence electrons. The molecule has 33 heavy (non-hydrogen) atoms. The quantitative estimate of drug-likeness (QED) is 0.254. The molecule has 1 amide bonds. The summed E-state index contributed by atoms with van der Waals surface area (Å²) in [6.45, 7) is 0.702. The highest BCUT2D eigenvalue weighted by molar-refractivity contribution is 6.31. The molecule has 0 saturated heterocycles. The summed E-state index contributed by atoms with van der Waals surface area (Å²) in [5.74, 6) is 0.734. The van der Waals surface area contributed by atoms with Crippen LogP contribution >= 0.6 is 23.2 Å². The second-order valence-corrected chi connectivity index (χ2v) is 8.60. The summed E-state index contributed by atoms with van der Waals surface area (Å²) in [4.78, 5) is 29.9. The zero-order chi connectivity index (χ0) is 23.2. The van der Waals surface area contributed by atoms with Crippen molar-refractivity contribution in [1.82, 2.24) is 14.9 Å². The molecule has 4 aromatic rings. The smallest absolute Gasteiger partial charge is 0.224 e. The number of fused-ring (bicyclic) bond motifs is 1. The molecular formula is C26H23Cl2N3O2. The third-order valence-corrected chi connectivity index (χ3v) is 6.03. The van der Waals surface area contributed by atoms with Gasteiger partial charge >= 0.3 is 0 Å². The Morgan fingerprint density at radius 2 is 1.64 bits per heavy atom. The lowest BCUT2D eigenvalue weighted by Crippen LogP contribution is -2.26. The number of hydrogen-bond donors (Lipinski definition) is 1. The number of aryl methyl sites for hydroxylation is 1. The molecule has 1 N–H and O–H groups in total. The van der Waals surface area contributed by atoms with Crippen LogP contribution in [-0.2, 0) is 24.2 Å². The van der Waals surface area contributed by atoms with Gasteiger partial charge in [-0.15, -0.1) is 0 Å². The highest BCUT2D eigenvalue weighted by Gasteiger charge is 2.15. The Kier molecular flexibility index (Phi) is 7.43. The number of Topliss-reactive ketones (excluding diaryl/α,β-unsaturated/α-hetero) is 1. The fourth-order valence-electron chi connectivity index (χ4n) is 3.71. The van der Waals surface area contributed by atoms with E-state index in [-0.39, 0.29) is 24.7 Å². The average Bonchev–Trinajstić information content (AvgIpc) is 3.16. The molecule has 0 spiro atoms. The number of imidazole rings is 1. The second kappa shape index (κ2) is 10.6. The minimum absolute atomic E-state index is 0.0101. The molecule has 0 bridgehead atoms. The van der Waals surface area contributed by atoms with Crippen LogP contribution in [0, 0.1) is 0 Å². The molecule has 0 aliphatic carbocycles. The van der Waals surface area contributed by atoms with Crippen LogP contribution in [0.15, 0.2) is 72.8 Å². The van der Waals surface area contributed by atoms with Crippen LogP contribution < -0.4 is 5.32 Å². The van der Waals surface area contributed by atoms with E-state index in [2.05, 4.69) is 5.32 Å². The maximum Gasteiger partial charge on any atom is 0.224 e. The first-order chi connectivity index (χ1) is 16.0. The Bertz CT molecular complexity index is 1280. The molecule has 0 atom stereocenters. The molecule has 5 nitrogen and oxygen atoms in total. The zero-order valence-electron chi connectivity index (χ0n) is 17.9. The van der Waals surface area contributed by atoms with Crippen molar-refractivity contribution in [2.45, 2.75) is 25.8 Å². The van der Waals surface area contributed by atoms with E-state index in [0.717, 1.165) is 22.4 Å². The van der Waals surface area contributed by atoms with Crippen LogP contribution in [-0.4, -0.2) is 27.8 Å². The highest BCUT2D eigenvalue weighted by atomic mass is 35.5. The standard InChI is InChI=1S/C26H23Cl2N3O2/c27-20-13-11-18(12-14-20)24(32)17-31-23-9-4-3-8-22(23)30-25(31)10-5-15-29-26(33)16-19-6-1-2-7-21(19)28/h1-4,6-9,11-14H,5,10,15-17H2,(H,29,33). The SMILES string of the molecule is O=C(Cc1ccccc1Cl)NCCCc1nc2ccccc2n1CC(=O)c1ccc(Cl)cc1. The number of benzene rings is 3. The Balaban J connectivity index is 1.40. The Morgan fingerprint density at radius 3 is 2.42 bits per heavy atom. The van der Waals surface area contributed by atoms with Crippen LogP contribution in [0.2, 0.25) is 10.0 Å². The van der Waals surface area contributed by atoms with Crippen molar-refractivity contribution in [3.05, 3.63) is 99.8 Å². The van der Waals surface area contributed by atoms with E-state index in [1.54, 1.807) is 30.3 Å². The second-order valence-electron chi connectivity index (χ2n) is 7.75. The lowest BCUT2D eigenvalue weighted by atomic mass is 10.1. The van der Waals surface area contributed by atoms with E-state index < -0.39 is 0 Å². The van der Waals surface area contributed by atoms with Gasteiger partial charge in [-0.3, -0.25) is 9.59 Å². The predicted molar refractivity (Wildman–Crippen MR) is 132 cm³/mol. The van der Waals surface area contributed by atoms with Crippen LogP contribution in [0.4, 0.5) is 0 Å². The number of carbonyl (C=O) groups excluding carboxylic acids is 2. The van der Waals surface area contributed by atoms with Crippen LogP contribution in [0.3, 0.4) is 0 Å². The number of nitrogens with zero attached hydrogens (tertiary/aromatic N) is 2. The van der Waals surface area contributed by atoms with Gasteiger partial charge in [0.15, 0.2) is 5.78 Å². The van der Waals surface area contributed by atoms with Crippen molar-refractivity contribution >= 4 is 45.9 Å². The van der Waals surface area contributed by atoms with Crippen molar-refractivity contribution in [1.29, 1.82) is 0 Å². The van der Waals surface area contributed by atoms with E-state index in [9.17, 15) is 9.59 Å². The lowest BCUT2D eigenvalue weighted by molar-refractivity contribution is -0.120.